The highest BCUT2D eigenvalue weighted by atomic mass is 19.1. The largest absolute Gasteiger partial charge is 0.368 e. The molecule has 2 fully saturated rings. The van der Waals surface area contributed by atoms with Crippen LogP contribution in [0.15, 0.2) is 30.5 Å². The fraction of sp³-hybridized carbons (Fsp3) is 0.500. The number of carbonyl (C=O) groups excluding carboxylic acids is 1. The first kappa shape index (κ1) is 19.8. The molecule has 1 atom stereocenters. The molecule has 4 rings (SSSR count). The summed E-state index contributed by atoms with van der Waals surface area (Å²) in [6.07, 6.45) is 5.37. The van der Waals surface area contributed by atoms with E-state index in [1.165, 1.54) is 12.1 Å². The molecule has 3 heterocycles. The lowest BCUT2D eigenvalue weighted by atomic mass is 9.88. The second-order valence-corrected chi connectivity index (χ2v) is 8.24. The van der Waals surface area contributed by atoms with Crippen LogP contribution < -0.4 is 5.73 Å². The molecule has 2 aliphatic heterocycles. The number of carbonyl (C=O) groups is 1. The third kappa shape index (κ3) is 4.40. The van der Waals surface area contributed by atoms with Crippen molar-refractivity contribution in [3.05, 3.63) is 42.0 Å². The van der Waals surface area contributed by atoms with Crippen LogP contribution in [0.3, 0.4) is 0 Å². The van der Waals surface area contributed by atoms with Crippen LogP contribution >= 0.6 is 0 Å². The van der Waals surface area contributed by atoms with Crippen LogP contribution in [0.2, 0.25) is 0 Å². The van der Waals surface area contributed by atoms with E-state index in [1.54, 1.807) is 12.3 Å². The molecule has 0 radical (unpaired) electrons. The van der Waals surface area contributed by atoms with Crippen molar-refractivity contribution in [3.8, 4) is 11.1 Å². The van der Waals surface area contributed by atoms with Gasteiger partial charge < -0.3 is 15.5 Å². The minimum atomic E-state index is -0.298. The van der Waals surface area contributed by atoms with Crippen LogP contribution in [0.4, 0.5) is 10.3 Å². The third-order valence-corrected chi connectivity index (χ3v) is 6.16. The number of aromatic nitrogens is 2. The lowest BCUT2D eigenvalue weighted by molar-refractivity contribution is -0.138. The van der Waals surface area contributed by atoms with Gasteiger partial charge in [-0.25, -0.2) is 14.4 Å². The van der Waals surface area contributed by atoms with Crippen molar-refractivity contribution in [1.82, 2.24) is 19.8 Å². The number of hydrogen-bond acceptors (Lipinski definition) is 5. The summed E-state index contributed by atoms with van der Waals surface area (Å²) in [7, 11) is 2.10. The Morgan fingerprint density at radius 2 is 2.00 bits per heavy atom. The molecule has 2 aliphatic rings. The fourth-order valence-corrected chi connectivity index (χ4v) is 4.51. The molecule has 0 aliphatic carbocycles. The van der Waals surface area contributed by atoms with Gasteiger partial charge in [-0.05, 0) is 63.5 Å². The van der Waals surface area contributed by atoms with Crippen molar-refractivity contribution in [2.45, 2.75) is 31.6 Å². The molecule has 154 valence electrons. The Kier molecular flexibility index (Phi) is 5.76. The number of likely N-dealkylation sites (tertiary alicyclic amines) is 2. The first-order chi connectivity index (χ1) is 14.0. The van der Waals surface area contributed by atoms with Crippen LogP contribution in [-0.2, 0) is 4.79 Å². The molecule has 6 nitrogen and oxygen atoms in total. The van der Waals surface area contributed by atoms with Gasteiger partial charge in [0.25, 0.3) is 0 Å². The number of benzene rings is 1. The van der Waals surface area contributed by atoms with Crippen molar-refractivity contribution < 1.29 is 9.18 Å². The van der Waals surface area contributed by atoms with Crippen LogP contribution in [0.1, 0.15) is 37.3 Å². The number of amides is 1. The van der Waals surface area contributed by atoms with E-state index in [-0.39, 0.29) is 29.5 Å². The van der Waals surface area contributed by atoms with Crippen LogP contribution in [0.5, 0.6) is 0 Å². The fourth-order valence-electron chi connectivity index (χ4n) is 4.51. The summed E-state index contributed by atoms with van der Waals surface area (Å²) in [6.45, 7) is 3.36. The van der Waals surface area contributed by atoms with Crippen molar-refractivity contribution in [3.63, 3.8) is 0 Å². The van der Waals surface area contributed by atoms with E-state index in [1.807, 2.05) is 11.0 Å². The molecule has 1 amide bonds. The first-order valence-electron chi connectivity index (χ1n) is 10.4. The van der Waals surface area contributed by atoms with Gasteiger partial charge in [0.2, 0.25) is 11.9 Å². The summed E-state index contributed by atoms with van der Waals surface area (Å²) in [6, 6.07) is 6.44. The molecule has 0 bridgehead atoms. The van der Waals surface area contributed by atoms with Gasteiger partial charge in [0, 0.05) is 36.7 Å². The van der Waals surface area contributed by atoms with E-state index < -0.39 is 0 Å². The van der Waals surface area contributed by atoms with Crippen molar-refractivity contribution in [2.24, 2.45) is 5.92 Å². The van der Waals surface area contributed by atoms with Gasteiger partial charge >= 0.3 is 0 Å². The molecule has 0 spiro atoms. The number of nitrogens with zero attached hydrogens (tertiary/aromatic N) is 4. The van der Waals surface area contributed by atoms with E-state index in [4.69, 9.17) is 5.73 Å². The van der Waals surface area contributed by atoms with Gasteiger partial charge in [-0.15, -0.1) is 0 Å². The molecule has 1 aromatic carbocycles. The summed E-state index contributed by atoms with van der Waals surface area (Å²) in [5.74, 6) is 0.356. The van der Waals surface area contributed by atoms with E-state index in [0.717, 1.165) is 62.1 Å². The zero-order valence-corrected chi connectivity index (χ0v) is 16.9. The second kappa shape index (κ2) is 8.45. The summed E-state index contributed by atoms with van der Waals surface area (Å²) in [5, 5.41) is 0. The van der Waals surface area contributed by atoms with Gasteiger partial charge in [0.1, 0.15) is 5.82 Å². The SMILES string of the molecule is CN1CCC(C(=O)N2CCC[C@@H](c3nc(N)ncc3-c3cccc(F)c3)C2)CC1. The highest BCUT2D eigenvalue weighted by Crippen LogP contribution is 2.34. The predicted octanol–water partition coefficient (Wildman–Crippen LogP) is 2.91. The number of rotatable bonds is 3. The maximum atomic E-state index is 13.8. The second-order valence-electron chi connectivity index (χ2n) is 8.24. The smallest absolute Gasteiger partial charge is 0.225 e. The molecule has 2 N–H and O–H groups in total. The Labute approximate surface area is 170 Å². The lowest BCUT2D eigenvalue weighted by Crippen LogP contribution is -2.45. The average molecular weight is 397 g/mol. The number of nitrogens with two attached hydrogens (primary N) is 1. The molecule has 2 saturated heterocycles. The normalized spacial score (nSPS) is 21.3. The Bertz CT molecular complexity index is 881. The van der Waals surface area contributed by atoms with Crippen LogP contribution in [0.25, 0.3) is 11.1 Å². The summed E-state index contributed by atoms with van der Waals surface area (Å²) in [4.78, 5) is 26.0. The minimum Gasteiger partial charge on any atom is -0.368 e. The standard InChI is InChI=1S/C22H28FN5O/c1-27-10-7-15(8-11-27)21(29)28-9-3-5-17(14-28)20-19(13-25-22(24)26-20)16-4-2-6-18(23)12-16/h2,4,6,12-13,15,17H,3,5,7-11,14H2,1H3,(H2,24,25,26)/t17-/m1/s1. The zero-order chi connectivity index (χ0) is 20.4. The summed E-state index contributed by atoms with van der Waals surface area (Å²) in [5.41, 5.74) is 8.22. The number of halogens is 1. The highest BCUT2D eigenvalue weighted by Gasteiger charge is 2.32. The van der Waals surface area contributed by atoms with Crippen molar-refractivity contribution >= 4 is 11.9 Å². The molecule has 2 aromatic rings. The van der Waals surface area contributed by atoms with E-state index in [2.05, 4.69) is 21.9 Å². The van der Waals surface area contributed by atoms with Gasteiger partial charge in [0.15, 0.2) is 0 Å². The number of anilines is 1. The average Bonchev–Trinajstić information content (AvgIpc) is 2.74. The van der Waals surface area contributed by atoms with Crippen molar-refractivity contribution in [2.75, 3.05) is 39.0 Å². The summed E-state index contributed by atoms with van der Waals surface area (Å²) < 4.78 is 13.8. The maximum Gasteiger partial charge on any atom is 0.225 e. The quantitative estimate of drug-likeness (QED) is 0.862. The molecule has 29 heavy (non-hydrogen) atoms. The van der Waals surface area contributed by atoms with E-state index >= 15 is 0 Å². The van der Waals surface area contributed by atoms with Gasteiger partial charge in [-0.3, -0.25) is 4.79 Å². The maximum absolute atomic E-state index is 13.8. The molecule has 7 heteroatoms. The van der Waals surface area contributed by atoms with Crippen molar-refractivity contribution in [1.29, 1.82) is 0 Å². The Hall–Kier alpha value is -2.54. The van der Waals surface area contributed by atoms with E-state index in [9.17, 15) is 9.18 Å². The molecular weight excluding hydrogens is 369 g/mol. The Morgan fingerprint density at radius 3 is 2.76 bits per heavy atom. The van der Waals surface area contributed by atoms with Crippen LogP contribution in [0, 0.1) is 11.7 Å². The molecular formula is C22H28FN5O. The number of piperidine rings is 2. The zero-order valence-electron chi connectivity index (χ0n) is 16.9. The number of hydrogen-bond donors (Lipinski definition) is 1. The Morgan fingerprint density at radius 1 is 1.21 bits per heavy atom. The highest BCUT2D eigenvalue weighted by molar-refractivity contribution is 5.79. The minimum absolute atomic E-state index is 0.0718. The summed E-state index contributed by atoms with van der Waals surface area (Å²) >= 11 is 0. The molecule has 0 saturated carbocycles. The lowest BCUT2D eigenvalue weighted by Gasteiger charge is -2.37. The monoisotopic (exact) mass is 397 g/mol. The molecule has 0 unspecified atom stereocenters. The Balaban J connectivity index is 1.57. The number of nitrogen functional groups attached to an aromatic ring is 1. The van der Waals surface area contributed by atoms with Gasteiger partial charge in [-0.2, -0.15) is 0 Å². The van der Waals surface area contributed by atoms with Crippen LogP contribution in [-0.4, -0.2) is 58.9 Å². The topological polar surface area (TPSA) is 75.4 Å². The van der Waals surface area contributed by atoms with E-state index in [0.29, 0.717) is 6.54 Å². The van der Waals surface area contributed by atoms with Gasteiger partial charge in [0.05, 0.1) is 5.69 Å². The predicted molar refractivity (Wildman–Crippen MR) is 111 cm³/mol. The molecule has 1 aromatic heterocycles. The first-order valence-corrected chi connectivity index (χ1v) is 10.4. The van der Waals surface area contributed by atoms with Gasteiger partial charge in [-0.1, -0.05) is 12.1 Å². The third-order valence-electron chi connectivity index (χ3n) is 6.16.